The summed E-state index contributed by atoms with van der Waals surface area (Å²) in [6.07, 6.45) is 1.71. The minimum atomic E-state index is -0.939. The zero-order valence-corrected chi connectivity index (χ0v) is 10.2. The average Bonchev–Trinajstić information content (AvgIpc) is 2.34. The zero-order valence-electron chi connectivity index (χ0n) is 10.2. The molecule has 0 N–H and O–H groups in total. The number of pyridine rings is 1. The van der Waals surface area contributed by atoms with Crippen molar-refractivity contribution >= 4 is 0 Å². The van der Waals surface area contributed by atoms with Crippen molar-refractivity contribution in [1.82, 2.24) is 4.98 Å². The van der Waals surface area contributed by atoms with Crippen LogP contribution < -0.4 is 4.74 Å². The third-order valence-corrected chi connectivity index (χ3v) is 2.54. The summed E-state index contributed by atoms with van der Waals surface area (Å²) in [5.74, 6) is -0.879. The van der Waals surface area contributed by atoms with Crippen molar-refractivity contribution in [3.05, 3.63) is 53.7 Å². The first kappa shape index (κ1) is 12.5. The average molecular weight is 249 g/mol. The Morgan fingerprint density at radius 1 is 1.06 bits per heavy atom. The zero-order chi connectivity index (χ0) is 13.1. The number of hydrogen-bond acceptors (Lipinski definition) is 2. The lowest BCUT2D eigenvalue weighted by Crippen LogP contribution is -1.93. The van der Waals surface area contributed by atoms with E-state index in [4.69, 9.17) is 4.74 Å². The van der Waals surface area contributed by atoms with E-state index in [0.717, 1.165) is 17.7 Å². The van der Waals surface area contributed by atoms with Gasteiger partial charge in [-0.25, -0.2) is 13.8 Å². The van der Waals surface area contributed by atoms with Gasteiger partial charge < -0.3 is 4.74 Å². The van der Waals surface area contributed by atoms with Gasteiger partial charge >= 0.3 is 0 Å². The van der Waals surface area contributed by atoms with Crippen LogP contribution in [0.15, 0.2) is 36.5 Å². The van der Waals surface area contributed by atoms with Crippen molar-refractivity contribution in [3.8, 4) is 11.6 Å². The summed E-state index contributed by atoms with van der Waals surface area (Å²) in [6, 6.07) is 6.97. The van der Waals surface area contributed by atoms with Gasteiger partial charge in [0.15, 0.2) is 11.6 Å². The molecule has 2 nitrogen and oxygen atoms in total. The topological polar surface area (TPSA) is 22.1 Å². The van der Waals surface area contributed by atoms with Gasteiger partial charge in [0.25, 0.3) is 0 Å². The molecule has 94 valence electrons. The highest BCUT2D eigenvalue weighted by Gasteiger charge is 2.05. The van der Waals surface area contributed by atoms with Crippen LogP contribution in [0.3, 0.4) is 0 Å². The van der Waals surface area contributed by atoms with E-state index < -0.39 is 11.6 Å². The van der Waals surface area contributed by atoms with E-state index in [1.165, 1.54) is 6.07 Å². The van der Waals surface area contributed by atoms with Gasteiger partial charge in [0.1, 0.15) is 5.75 Å². The fraction of sp³-hybridized carbons (Fsp3) is 0.214. The predicted molar refractivity (Wildman–Crippen MR) is 64.8 cm³/mol. The van der Waals surface area contributed by atoms with Gasteiger partial charge in [0.05, 0.1) is 0 Å². The SMILES string of the molecule is CC(C)c1ccc(Oc2ccc(F)c(F)c2)nc1. The molecular formula is C14H13F2NO. The van der Waals surface area contributed by atoms with Crippen molar-refractivity contribution in [2.24, 2.45) is 0 Å². The van der Waals surface area contributed by atoms with E-state index in [1.807, 2.05) is 6.07 Å². The third kappa shape index (κ3) is 2.83. The van der Waals surface area contributed by atoms with Crippen molar-refractivity contribution in [2.75, 3.05) is 0 Å². The number of rotatable bonds is 3. The van der Waals surface area contributed by atoms with Gasteiger partial charge in [-0.05, 0) is 23.6 Å². The third-order valence-electron chi connectivity index (χ3n) is 2.54. The maximum atomic E-state index is 13.0. The lowest BCUT2D eigenvalue weighted by molar-refractivity contribution is 0.447. The molecule has 4 heteroatoms. The number of hydrogen-bond donors (Lipinski definition) is 0. The van der Waals surface area contributed by atoms with Gasteiger partial charge in [-0.3, -0.25) is 0 Å². The van der Waals surface area contributed by atoms with Crippen molar-refractivity contribution in [2.45, 2.75) is 19.8 Å². The van der Waals surface area contributed by atoms with Crippen LogP contribution in [0.1, 0.15) is 25.3 Å². The van der Waals surface area contributed by atoms with E-state index in [-0.39, 0.29) is 5.75 Å². The Morgan fingerprint density at radius 2 is 1.83 bits per heavy atom. The second kappa shape index (κ2) is 5.12. The molecule has 0 amide bonds. The fourth-order valence-corrected chi connectivity index (χ4v) is 1.45. The molecule has 0 spiro atoms. The minimum Gasteiger partial charge on any atom is -0.439 e. The molecule has 2 aromatic rings. The van der Waals surface area contributed by atoms with Gasteiger partial charge in [-0.2, -0.15) is 0 Å². The molecule has 0 saturated heterocycles. The second-order valence-electron chi connectivity index (χ2n) is 4.26. The predicted octanol–water partition coefficient (Wildman–Crippen LogP) is 4.28. The van der Waals surface area contributed by atoms with Crippen molar-refractivity contribution in [3.63, 3.8) is 0 Å². The number of halogens is 2. The van der Waals surface area contributed by atoms with Crippen LogP contribution >= 0.6 is 0 Å². The molecule has 0 aliphatic rings. The Morgan fingerprint density at radius 3 is 2.39 bits per heavy atom. The van der Waals surface area contributed by atoms with Crippen LogP contribution in [0.2, 0.25) is 0 Å². The molecule has 0 aliphatic heterocycles. The summed E-state index contributed by atoms with van der Waals surface area (Å²) in [6.45, 7) is 4.12. The molecule has 0 unspecified atom stereocenters. The molecular weight excluding hydrogens is 236 g/mol. The van der Waals surface area contributed by atoms with E-state index in [0.29, 0.717) is 11.8 Å². The molecule has 2 rings (SSSR count). The normalized spacial score (nSPS) is 10.7. The number of nitrogens with zero attached hydrogens (tertiary/aromatic N) is 1. The van der Waals surface area contributed by atoms with E-state index in [1.54, 1.807) is 12.3 Å². The molecule has 0 bridgehead atoms. The summed E-state index contributed by atoms with van der Waals surface area (Å²) >= 11 is 0. The summed E-state index contributed by atoms with van der Waals surface area (Å²) < 4.78 is 31.0. The summed E-state index contributed by atoms with van der Waals surface area (Å²) in [5.41, 5.74) is 1.09. The highest BCUT2D eigenvalue weighted by molar-refractivity contribution is 5.29. The Balaban J connectivity index is 2.15. The largest absolute Gasteiger partial charge is 0.439 e. The second-order valence-corrected chi connectivity index (χ2v) is 4.26. The minimum absolute atomic E-state index is 0.221. The Labute approximate surface area is 104 Å². The maximum absolute atomic E-state index is 13.0. The van der Waals surface area contributed by atoms with Gasteiger partial charge in [0.2, 0.25) is 5.88 Å². The maximum Gasteiger partial charge on any atom is 0.219 e. The molecule has 0 saturated carbocycles. The van der Waals surface area contributed by atoms with E-state index >= 15 is 0 Å². The summed E-state index contributed by atoms with van der Waals surface area (Å²) in [7, 11) is 0. The van der Waals surface area contributed by atoms with E-state index in [9.17, 15) is 8.78 Å². The monoisotopic (exact) mass is 249 g/mol. The Kier molecular flexibility index (Phi) is 3.55. The quantitative estimate of drug-likeness (QED) is 0.810. The van der Waals surface area contributed by atoms with E-state index in [2.05, 4.69) is 18.8 Å². The van der Waals surface area contributed by atoms with Gasteiger partial charge in [0, 0.05) is 18.3 Å². The van der Waals surface area contributed by atoms with Crippen LogP contribution in [0.5, 0.6) is 11.6 Å². The molecule has 0 fully saturated rings. The highest BCUT2D eigenvalue weighted by atomic mass is 19.2. The lowest BCUT2D eigenvalue weighted by Gasteiger charge is -2.07. The summed E-state index contributed by atoms with van der Waals surface area (Å²) in [5, 5.41) is 0. The first-order valence-electron chi connectivity index (χ1n) is 5.65. The molecule has 18 heavy (non-hydrogen) atoms. The Bertz CT molecular complexity index is 538. The number of benzene rings is 1. The molecule has 1 aromatic carbocycles. The van der Waals surface area contributed by atoms with Crippen LogP contribution in [0.25, 0.3) is 0 Å². The number of aromatic nitrogens is 1. The number of ether oxygens (including phenoxy) is 1. The van der Waals surface area contributed by atoms with Gasteiger partial charge in [-0.1, -0.05) is 19.9 Å². The van der Waals surface area contributed by atoms with Crippen LogP contribution in [-0.4, -0.2) is 4.98 Å². The summed E-state index contributed by atoms with van der Waals surface area (Å²) in [4.78, 5) is 4.11. The van der Waals surface area contributed by atoms with Crippen LogP contribution in [-0.2, 0) is 0 Å². The fourth-order valence-electron chi connectivity index (χ4n) is 1.45. The molecule has 0 atom stereocenters. The van der Waals surface area contributed by atoms with Gasteiger partial charge in [-0.15, -0.1) is 0 Å². The van der Waals surface area contributed by atoms with Crippen molar-refractivity contribution < 1.29 is 13.5 Å². The molecule has 0 aliphatic carbocycles. The lowest BCUT2D eigenvalue weighted by atomic mass is 10.1. The smallest absolute Gasteiger partial charge is 0.219 e. The van der Waals surface area contributed by atoms with Crippen molar-refractivity contribution in [1.29, 1.82) is 0 Å². The first-order valence-corrected chi connectivity index (χ1v) is 5.65. The standard InChI is InChI=1S/C14H13F2NO/c1-9(2)10-3-6-14(17-8-10)18-11-4-5-12(15)13(16)7-11/h3-9H,1-2H3. The molecule has 1 aromatic heterocycles. The first-order chi connectivity index (χ1) is 8.56. The molecule has 0 radical (unpaired) electrons. The Hall–Kier alpha value is -1.97. The van der Waals surface area contributed by atoms with Crippen LogP contribution in [0, 0.1) is 11.6 Å². The van der Waals surface area contributed by atoms with Crippen LogP contribution in [0.4, 0.5) is 8.78 Å². The molecule has 1 heterocycles. The highest BCUT2D eigenvalue weighted by Crippen LogP contribution is 2.22.